The van der Waals surface area contributed by atoms with Crippen LogP contribution in [0.5, 0.6) is 0 Å². The van der Waals surface area contributed by atoms with Crippen LogP contribution in [0.2, 0.25) is 5.02 Å². The molecule has 1 heterocycles. The van der Waals surface area contributed by atoms with Crippen LogP contribution in [0.1, 0.15) is 36.2 Å². The van der Waals surface area contributed by atoms with Crippen molar-refractivity contribution < 1.29 is 9.90 Å². The second kappa shape index (κ2) is 6.00. The summed E-state index contributed by atoms with van der Waals surface area (Å²) in [5.41, 5.74) is 0.982. The van der Waals surface area contributed by atoms with Gasteiger partial charge in [-0.05, 0) is 25.0 Å². The molecule has 21 heavy (non-hydrogen) atoms. The van der Waals surface area contributed by atoms with E-state index in [1.54, 1.807) is 6.07 Å². The maximum Gasteiger partial charge on any atom is 0.270 e. The van der Waals surface area contributed by atoms with Crippen LogP contribution in [0.15, 0.2) is 30.3 Å². The highest BCUT2D eigenvalue weighted by Crippen LogP contribution is 2.23. The van der Waals surface area contributed by atoms with Gasteiger partial charge in [0.05, 0.1) is 22.7 Å². The highest BCUT2D eigenvalue weighted by molar-refractivity contribution is 6.35. The summed E-state index contributed by atoms with van der Waals surface area (Å²) in [5, 5.41) is 14.1. The van der Waals surface area contributed by atoms with E-state index >= 15 is 0 Å². The Morgan fingerprint density at radius 1 is 1.29 bits per heavy atom. The van der Waals surface area contributed by atoms with E-state index in [-0.39, 0.29) is 17.6 Å². The average Bonchev–Trinajstić information content (AvgIpc) is 2.49. The van der Waals surface area contributed by atoms with Crippen molar-refractivity contribution in [3.63, 3.8) is 0 Å². The summed E-state index contributed by atoms with van der Waals surface area (Å²) < 4.78 is 0. The standard InChI is InChI=1S/C16H17ClN2O2/c17-11-9-14(18-12-6-2-1-5-10(11)12)16(21)19-13-7-3-4-8-15(13)20/h1-2,5-6,9,13,15,20H,3-4,7-8H2,(H,19,21)/t13-,15-/m1/s1. The molecule has 2 N–H and O–H groups in total. The molecule has 5 heteroatoms. The van der Waals surface area contributed by atoms with Gasteiger partial charge in [0, 0.05) is 5.39 Å². The van der Waals surface area contributed by atoms with E-state index in [2.05, 4.69) is 10.3 Å². The number of hydrogen-bond donors (Lipinski definition) is 2. The Balaban J connectivity index is 1.84. The van der Waals surface area contributed by atoms with Crippen LogP contribution in [-0.4, -0.2) is 28.1 Å². The predicted octanol–water partition coefficient (Wildman–Crippen LogP) is 2.92. The number of carbonyl (C=O) groups excluding carboxylic acids is 1. The summed E-state index contributed by atoms with van der Waals surface area (Å²) in [6.45, 7) is 0. The molecule has 1 aliphatic carbocycles. The zero-order valence-electron chi connectivity index (χ0n) is 11.6. The topological polar surface area (TPSA) is 62.2 Å². The quantitative estimate of drug-likeness (QED) is 0.896. The fourth-order valence-corrected chi connectivity index (χ4v) is 3.03. The van der Waals surface area contributed by atoms with Crippen molar-refractivity contribution >= 4 is 28.4 Å². The summed E-state index contributed by atoms with van der Waals surface area (Å²) >= 11 is 6.21. The fourth-order valence-electron chi connectivity index (χ4n) is 2.77. The normalized spacial score (nSPS) is 22.2. The zero-order valence-corrected chi connectivity index (χ0v) is 12.3. The van der Waals surface area contributed by atoms with Crippen molar-refractivity contribution in [2.24, 2.45) is 0 Å². The number of aromatic nitrogens is 1. The highest BCUT2D eigenvalue weighted by atomic mass is 35.5. The molecule has 3 rings (SSSR count). The lowest BCUT2D eigenvalue weighted by Gasteiger charge is -2.28. The molecule has 1 aliphatic rings. The first kappa shape index (κ1) is 14.3. The van der Waals surface area contributed by atoms with Crippen molar-refractivity contribution in [1.82, 2.24) is 10.3 Å². The molecule has 4 nitrogen and oxygen atoms in total. The van der Waals surface area contributed by atoms with Crippen LogP contribution in [0.3, 0.4) is 0 Å². The molecule has 1 aromatic carbocycles. The Morgan fingerprint density at radius 2 is 2.05 bits per heavy atom. The van der Waals surface area contributed by atoms with Gasteiger partial charge in [-0.15, -0.1) is 0 Å². The minimum absolute atomic E-state index is 0.196. The molecule has 1 amide bonds. The molecule has 1 fully saturated rings. The van der Waals surface area contributed by atoms with E-state index in [4.69, 9.17) is 11.6 Å². The Labute approximate surface area is 128 Å². The summed E-state index contributed by atoms with van der Waals surface area (Å²) in [4.78, 5) is 16.7. The number of para-hydroxylation sites is 1. The number of pyridine rings is 1. The first-order valence-corrected chi connectivity index (χ1v) is 7.57. The molecule has 1 aromatic heterocycles. The number of aliphatic hydroxyl groups is 1. The highest BCUT2D eigenvalue weighted by Gasteiger charge is 2.25. The molecule has 2 atom stereocenters. The van der Waals surface area contributed by atoms with E-state index in [0.29, 0.717) is 10.5 Å². The maximum absolute atomic E-state index is 12.3. The first-order valence-electron chi connectivity index (χ1n) is 7.19. The van der Waals surface area contributed by atoms with Crippen LogP contribution in [0.25, 0.3) is 10.9 Å². The van der Waals surface area contributed by atoms with Crippen molar-refractivity contribution in [3.8, 4) is 0 Å². The van der Waals surface area contributed by atoms with Gasteiger partial charge in [0.15, 0.2) is 0 Å². The minimum atomic E-state index is -0.473. The van der Waals surface area contributed by atoms with Crippen LogP contribution in [0.4, 0.5) is 0 Å². The number of aliphatic hydroxyl groups excluding tert-OH is 1. The van der Waals surface area contributed by atoms with Gasteiger partial charge < -0.3 is 10.4 Å². The van der Waals surface area contributed by atoms with Gasteiger partial charge in [0.2, 0.25) is 0 Å². The fraction of sp³-hybridized carbons (Fsp3) is 0.375. The molecule has 110 valence electrons. The third kappa shape index (κ3) is 3.01. The first-order chi connectivity index (χ1) is 10.1. The number of benzene rings is 1. The van der Waals surface area contributed by atoms with Gasteiger partial charge in [-0.1, -0.05) is 42.6 Å². The van der Waals surface area contributed by atoms with Crippen molar-refractivity contribution in [2.75, 3.05) is 0 Å². The number of carbonyl (C=O) groups is 1. The maximum atomic E-state index is 12.3. The summed E-state index contributed by atoms with van der Waals surface area (Å²) in [6, 6.07) is 8.82. The molecular weight excluding hydrogens is 288 g/mol. The molecule has 0 unspecified atom stereocenters. The minimum Gasteiger partial charge on any atom is -0.391 e. The molecule has 0 spiro atoms. The van der Waals surface area contributed by atoms with Crippen LogP contribution in [-0.2, 0) is 0 Å². The van der Waals surface area contributed by atoms with Crippen LogP contribution in [0, 0.1) is 0 Å². The van der Waals surface area contributed by atoms with E-state index in [1.165, 1.54) is 0 Å². The zero-order chi connectivity index (χ0) is 14.8. The van der Waals surface area contributed by atoms with E-state index in [9.17, 15) is 9.90 Å². The van der Waals surface area contributed by atoms with E-state index in [1.807, 2.05) is 24.3 Å². The van der Waals surface area contributed by atoms with Gasteiger partial charge in [0.25, 0.3) is 5.91 Å². The third-order valence-electron chi connectivity index (χ3n) is 3.94. The summed E-state index contributed by atoms with van der Waals surface area (Å²) in [5.74, 6) is -0.284. The second-order valence-corrected chi connectivity index (χ2v) is 5.85. The van der Waals surface area contributed by atoms with Gasteiger partial charge in [-0.25, -0.2) is 4.98 Å². The SMILES string of the molecule is O=C(N[C@@H]1CCCC[C@H]1O)c1cc(Cl)c2ccccc2n1. The number of fused-ring (bicyclic) bond motifs is 1. The van der Waals surface area contributed by atoms with Gasteiger partial charge in [-0.2, -0.15) is 0 Å². The van der Waals surface area contributed by atoms with E-state index in [0.717, 1.165) is 31.1 Å². The molecule has 1 saturated carbocycles. The smallest absolute Gasteiger partial charge is 0.270 e. The third-order valence-corrected chi connectivity index (χ3v) is 4.26. The molecule has 0 saturated heterocycles. The Kier molecular flexibility index (Phi) is 4.08. The van der Waals surface area contributed by atoms with Crippen LogP contribution < -0.4 is 5.32 Å². The monoisotopic (exact) mass is 304 g/mol. The lowest BCUT2D eigenvalue weighted by molar-refractivity contribution is 0.0714. The number of amides is 1. The van der Waals surface area contributed by atoms with Gasteiger partial charge in [0.1, 0.15) is 5.69 Å². The lowest BCUT2D eigenvalue weighted by atomic mass is 9.92. The van der Waals surface area contributed by atoms with Crippen molar-refractivity contribution in [3.05, 3.63) is 41.0 Å². The van der Waals surface area contributed by atoms with E-state index < -0.39 is 6.10 Å². The molecule has 2 aromatic rings. The van der Waals surface area contributed by atoms with Gasteiger partial charge >= 0.3 is 0 Å². The lowest BCUT2D eigenvalue weighted by Crippen LogP contribution is -2.45. The van der Waals surface area contributed by atoms with Crippen molar-refractivity contribution in [2.45, 2.75) is 37.8 Å². The molecule has 0 bridgehead atoms. The Morgan fingerprint density at radius 3 is 2.86 bits per heavy atom. The largest absolute Gasteiger partial charge is 0.391 e. The number of hydrogen-bond acceptors (Lipinski definition) is 3. The second-order valence-electron chi connectivity index (χ2n) is 5.44. The van der Waals surface area contributed by atoms with Crippen molar-refractivity contribution in [1.29, 1.82) is 0 Å². The average molecular weight is 305 g/mol. The summed E-state index contributed by atoms with van der Waals surface area (Å²) in [6.07, 6.45) is 3.09. The molecular formula is C16H17ClN2O2. The number of nitrogens with zero attached hydrogens (tertiary/aromatic N) is 1. The predicted molar refractivity (Wildman–Crippen MR) is 82.5 cm³/mol. The van der Waals surface area contributed by atoms with Crippen LogP contribution >= 0.6 is 11.6 Å². The summed E-state index contributed by atoms with van der Waals surface area (Å²) in [7, 11) is 0. The molecule has 0 aliphatic heterocycles. The number of halogens is 1. The Bertz CT molecular complexity index is 674. The molecule has 0 radical (unpaired) electrons. The Hall–Kier alpha value is -1.65. The van der Waals surface area contributed by atoms with Gasteiger partial charge in [-0.3, -0.25) is 4.79 Å². The number of rotatable bonds is 2. The number of nitrogens with one attached hydrogen (secondary N) is 1.